The first-order valence-electron chi connectivity index (χ1n) is 17.7. The van der Waals surface area contributed by atoms with E-state index in [1.54, 1.807) is 56.4 Å². The van der Waals surface area contributed by atoms with Crippen LogP contribution < -0.4 is 8.61 Å². The van der Waals surface area contributed by atoms with Crippen LogP contribution in [-0.4, -0.2) is 41.4 Å². The molecule has 5 rings (SSSR count). The van der Waals surface area contributed by atoms with Crippen molar-refractivity contribution >= 4 is 100 Å². The van der Waals surface area contributed by atoms with E-state index in [9.17, 15) is 16.8 Å². The first-order valence-corrected chi connectivity index (χ1v) is 25.6. The van der Waals surface area contributed by atoms with Crippen molar-refractivity contribution in [2.45, 2.75) is 101 Å². The molecule has 1 heterocycles. The minimum Gasteiger partial charge on any atom is -0.265 e. The summed E-state index contributed by atoms with van der Waals surface area (Å²) in [6.45, 7) is 17.0. The van der Waals surface area contributed by atoms with Gasteiger partial charge in [-0.25, -0.2) is 16.8 Å². The summed E-state index contributed by atoms with van der Waals surface area (Å²) in [5, 5.41) is 0. The maximum atomic E-state index is 14.9. The fourth-order valence-corrected chi connectivity index (χ4v) is 13.4. The summed E-state index contributed by atoms with van der Waals surface area (Å²) in [4.78, 5) is 2.35. The zero-order chi connectivity index (χ0) is 38.9. The maximum Gasteiger partial charge on any atom is 0.264 e. The van der Waals surface area contributed by atoms with E-state index >= 15 is 0 Å². The van der Waals surface area contributed by atoms with Gasteiger partial charge in [-0.05, 0) is 89.8 Å². The highest BCUT2D eigenvalue weighted by atomic mass is 127. The zero-order valence-electron chi connectivity index (χ0n) is 31.8. The van der Waals surface area contributed by atoms with E-state index in [1.807, 2.05) is 38.1 Å². The summed E-state index contributed by atoms with van der Waals surface area (Å²) in [6, 6.07) is 22.6. The zero-order valence-corrected chi connectivity index (χ0v) is 39.4. The van der Waals surface area contributed by atoms with Gasteiger partial charge in [-0.1, -0.05) is 134 Å². The van der Waals surface area contributed by atoms with Gasteiger partial charge in [-0.2, -0.15) is 0 Å². The Morgan fingerprint density at radius 3 is 1.23 bits per heavy atom. The van der Waals surface area contributed by atoms with Crippen LogP contribution in [0.25, 0.3) is 0 Å². The van der Waals surface area contributed by atoms with E-state index in [4.69, 9.17) is 0 Å². The van der Waals surface area contributed by atoms with Crippen molar-refractivity contribution in [1.29, 1.82) is 0 Å². The molecule has 0 unspecified atom stereocenters. The molecule has 0 saturated carbocycles. The highest BCUT2D eigenvalue weighted by molar-refractivity contribution is 14.1. The number of aryl methyl sites for hydroxylation is 2. The van der Waals surface area contributed by atoms with Gasteiger partial charge in [-0.15, -0.1) is 23.5 Å². The lowest BCUT2D eigenvalue weighted by Gasteiger charge is -2.32. The lowest BCUT2D eigenvalue weighted by atomic mass is 9.86. The molecule has 0 N–H and O–H groups in total. The van der Waals surface area contributed by atoms with Crippen molar-refractivity contribution in [2.75, 3.05) is 33.2 Å². The molecule has 0 saturated heterocycles. The molecule has 53 heavy (non-hydrogen) atoms. The summed E-state index contributed by atoms with van der Waals surface area (Å²) < 4.78 is 64.0. The minimum atomic E-state index is -4.04. The third-order valence-corrected chi connectivity index (χ3v) is 17.3. The van der Waals surface area contributed by atoms with Crippen molar-refractivity contribution in [3.8, 4) is 0 Å². The van der Waals surface area contributed by atoms with Crippen LogP contribution in [0.15, 0.2) is 92.4 Å². The van der Waals surface area contributed by atoms with Crippen LogP contribution in [0.2, 0.25) is 0 Å². The molecule has 0 spiro atoms. The number of hydrogen-bond donors (Lipinski definition) is 0. The van der Waals surface area contributed by atoms with Gasteiger partial charge < -0.3 is 0 Å². The minimum absolute atomic E-state index is 0.0958. The molecule has 0 fully saturated rings. The highest BCUT2D eigenvalue weighted by Gasteiger charge is 2.33. The molecule has 4 aromatic rings. The van der Waals surface area contributed by atoms with Crippen molar-refractivity contribution in [2.24, 2.45) is 0 Å². The molecule has 1 aliphatic heterocycles. The van der Waals surface area contributed by atoms with Gasteiger partial charge in [0.1, 0.15) is 0 Å². The summed E-state index contributed by atoms with van der Waals surface area (Å²) in [5.74, 6) is 1.42. The number of halogens is 2. The predicted molar refractivity (Wildman–Crippen MR) is 243 cm³/mol. The van der Waals surface area contributed by atoms with Crippen LogP contribution in [0.5, 0.6) is 0 Å². The Labute approximate surface area is 354 Å². The topological polar surface area (TPSA) is 74.8 Å². The molecule has 0 aromatic heterocycles. The first kappa shape index (κ1) is 42.7. The molecule has 12 heteroatoms. The third-order valence-electron chi connectivity index (χ3n) is 9.37. The number of thioether (sulfide) groups is 2. The number of alkyl halides is 2. The number of sulfonamides is 2. The second kappa shape index (κ2) is 17.0. The number of benzene rings is 4. The number of hydrogen-bond acceptors (Lipinski definition) is 6. The largest absolute Gasteiger partial charge is 0.265 e. The SMILES string of the molecule is Cc1ccc(S(=O)(=O)N2CCCN(S(=O)(=O)c3ccc(C)cc3)c3cc(C(C)(C)C)cc(CI)c3SCCSc3c(CI)cc(C(C)(C)C)cc32)cc1. The molecule has 0 amide bonds. The Kier molecular flexibility index (Phi) is 13.7. The molecule has 0 aliphatic carbocycles. The molecule has 1 aliphatic rings. The average Bonchev–Trinajstić information content (AvgIpc) is 3.10. The van der Waals surface area contributed by atoms with E-state index in [2.05, 4.69) is 111 Å². The fourth-order valence-electron chi connectivity index (χ4n) is 6.17. The van der Waals surface area contributed by atoms with Gasteiger partial charge >= 0.3 is 0 Å². The maximum absolute atomic E-state index is 14.9. The van der Waals surface area contributed by atoms with E-state index in [0.29, 0.717) is 22.9 Å². The van der Waals surface area contributed by atoms with Gasteiger partial charge in [0.2, 0.25) is 0 Å². The van der Waals surface area contributed by atoms with Crippen LogP contribution in [0.1, 0.15) is 81.3 Å². The molecular formula is C41H50I2N2O4S4. The number of rotatable bonds is 6. The molecule has 4 aromatic carbocycles. The lowest BCUT2D eigenvalue weighted by Crippen LogP contribution is -2.37. The Morgan fingerprint density at radius 2 is 0.925 bits per heavy atom. The van der Waals surface area contributed by atoms with Crippen LogP contribution in [-0.2, 0) is 39.7 Å². The number of fused-ring (bicyclic) bond motifs is 2. The molecule has 286 valence electrons. The summed E-state index contributed by atoms with van der Waals surface area (Å²) in [7, 11) is -8.08. The summed E-state index contributed by atoms with van der Waals surface area (Å²) >= 11 is 8.15. The fraction of sp³-hybridized carbons (Fsp3) is 0.415. The summed E-state index contributed by atoms with van der Waals surface area (Å²) in [5.41, 5.74) is 7.14. The number of anilines is 2. The number of nitrogens with zero attached hydrogens (tertiary/aromatic N) is 2. The molecule has 0 bridgehead atoms. The second-order valence-corrected chi connectivity index (χ2v) is 23.0. The van der Waals surface area contributed by atoms with E-state index < -0.39 is 20.0 Å². The monoisotopic (exact) mass is 1020 g/mol. The van der Waals surface area contributed by atoms with Crippen molar-refractivity contribution in [1.82, 2.24) is 0 Å². The molecule has 0 atom stereocenters. The predicted octanol–water partition coefficient (Wildman–Crippen LogP) is 11.4. The highest BCUT2D eigenvalue weighted by Crippen LogP contribution is 2.45. The Hall–Kier alpha value is -1.46. The third kappa shape index (κ3) is 9.57. The molecule has 0 radical (unpaired) electrons. The van der Waals surface area contributed by atoms with Crippen molar-refractivity contribution in [3.05, 3.63) is 106 Å². The van der Waals surface area contributed by atoms with Gasteiger partial charge in [0, 0.05) is 43.2 Å². The van der Waals surface area contributed by atoms with E-state index in [-0.39, 0.29) is 40.1 Å². The molecule has 6 nitrogen and oxygen atoms in total. The van der Waals surface area contributed by atoms with Crippen molar-refractivity contribution < 1.29 is 16.8 Å². The van der Waals surface area contributed by atoms with E-state index in [1.165, 1.54) is 0 Å². The van der Waals surface area contributed by atoms with Crippen LogP contribution in [0.3, 0.4) is 0 Å². The Bertz CT molecular complexity index is 2000. The van der Waals surface area contributed by atoms with Gasteiger partial charge in [0.25, 0.3) is 20.0 Å². The first-order chi connectivity index (χ1) is 24.8. The molecular weight excluding hydrogens is 967 g/mol. The van der Waals surface area contributed by atoms with Crippen LogP contribution >= 0.6 is 68.7 Å². The van der Waals surface area contributed by atoms with Gasteiger partial charge in [-0.3, -0.25) is 8.61 Å². The second-order valence-electron chi connectivity index (χ2n) is 15.6. The smallest absolute Gasteiger partial charge is 0.264 e. The normalized spacial score (nSPS) is 15.2. The van der Waals surface area contributed by atoms with Crippen molar-refractivity contribution in [3.63, 3.8) is 0 Å². The Morgan fingerprint density at radius 1 is 0.585 bits per heavy atom. The Balaban J connectivity index is 1.77. The van der Waals surface area contributed by atoms with E-state index in [0.717, 1.165) is 52.0 Å². The van der Waals surface area contributed by atoms with Gasteiger partial charge in [0.05, 0.1) is 21.2 Å². The van der Waals surface area contributed by atoms with Gasteiger partial charge in [0.15, 0.2) is 0 Å². The van der Waals surface area contributed by atoms with Crippen LogP contribution in [0, 0.1) is 13.8 Å². The lowest BCUT2D eigenvalue weighted by molar-refractivity contribution is 0.580. The average molecular weight is 1020 g/mol. The van der Waals surface area contributed by atoms with Crippen LogP contribution in [0.4, 0.5) is 11.4 Å². The summed E-state index contributed by atoms with van der Waals surface area (Å²) in [6.07, 6.45) is 0.267. The quantitative estimate of drug-likeness (QED) is 0.142. The standard InChI is InChI=1S/C41H50I2N2O4S4/c1-28-10-14-34(15-11-28)52(46,47)44-18-9-19-45(53(48,49)35-16-12-29(2)13-17-35)37-25-33(41(6,7)8)23-31(27-43)39(37)51-21-20-50-38-30(26-42)22-32(24-36(38)44)40(3,4)5/h10-17,22-25H,9,18-21,26-27H2,1-8H3.